The van der Waals surface area contributed by atoms with E-state index in [2.05, 4.69) is 16.5 Å². The van der Waals surface area contributed by atoms with Gasteiger partial charge in [-0.2, -0.15) is 0 Å². The van der Waals surface area contributed by atoms with Crippen LogP contribution in [0.2, 0.25) is 0 Å². The van der Waals surface area contributed by atoms with Crippen LogP contribution < -0.4 is 5.73 Å². The third-order valence-corrected chi connectivity index (χ3v) is 2.58. The van der Waals surface area contributed by atoms with Crippen LogP contribution in [0, 0.1) is 6.92 Å². The molecule has 0 spiro atoms. The van der Waals surface area contributed by atoms with Crippen LogP contribution in [0.4, 0.5) is 0 Å². The van der Waals surface area contributed by atoms with Crippen molar-refractivity contribution >= 4 is 0 Å². The standard InChI is InChI=1S/C11H21N3/c1-3-4-5-6-7-14-10(2)13-9-11(14)8-12/h9H,3-8,12H2,1-2H3. The summed E-state index contributed by atoms with van der Waals surface area (Å²) in [5, 5.41) is 0. The molecule has 0 aliphatic carbocycles. The van der Waals surface area contributed by atoms with Crippen molar-refractivity contribution in [3.05, 3.63) is 17.7 Å². The maximum Gasteiger partial charge on any atom is 0.105 e. The second-order valence-electron chi connectivity index (χ2n) is 3.71. The Kier molecular flexibility index (Phi) is 4.66. The molecule has 1 aromatic heterocycles. The second kappa shape index (κ2) is 5.81. The molecule has 0 aliphatic rings. The summed E-state index contributed by atoms with van der Waals surface area (Å²) < 4.78 is 2.23. The van der Waals surface area contributed by atoms with Crippen LogP contribution in [0.25, 0.3) is 0 Å². The van der Waals surface area contributed by atoms with Gasteiger partial charge in [-0.05, 0) is 13.3 Å². The summed E-state index contributed by atoms with van der Waals surface area (Å²) in [5.41, 5.74) is 6.79. The summed E-state index contributed by atoms with van der Waals surface area (Å²) in [7, 11) is 0. The Hall–Kier alpha value is -0.830. The molecule has 0 saturated heterocycles. The first kappa shape index (κ1) is 11.2. The fraction of sp³-hybridized carbons (Fsp3) is 0.727. The van der Waals surface area contributed by atoms with E-state index in [0.29, 0.717) is 6.54 Å². The largest absolute Gasteiger partial charge is 0.331 e. The molecule has 0 radical (unpaired) electrons. The van der Waals surface area contributed by atoms with Gasteiger partial charge in [0.25, 0.3) is 0 Å². The minimum absolute atomic E-state index is 0.592. The number of aryl methyl sites for hydroxylation is 1. The van der Waals surface area contributed by atoms with E-state index in [-0.39, 0.29) is 0 Å². The predicted octanol–water partition coefficient (Wildman–Crippen LogP) is 2.23. The van der Waals surface area contributed by atoms with Gasteiger partial charge in [0.1, 0.15) is 5.82 Å². The first-order valence-corrected chi connectivity index (χ1v) is 5.50. The number of unbranched alkanes of at least 4 members (excludes halogenated alkanes) is 3. The third-order valence-electron chi connectivity index (χ3n) is 2.58. The van der Waals surface area contributed by atoms with Crippen LogP contribution in [0.5, 0.6) is 0 Å². The molecule has 0 aromatic carbocycles. The van der Waals surface area contributed by atoms with Gasteiger partial charge in [-0.15, -0.1) is 0 Å². The molecule has 0 fully saturated rings. The molecule has 0 saturated carbocycles. The molecule has 14 heavy (non-hydrogen) atoms. The molecule has 3 heteroatoms. The maximum absolute atomic E-state index is 5.63. The number of rotatable bonds is 6. The van der Waals surface area contributed by atoms with Gasteiger partial charge in [0.2, 0.25) is 0 Å². The van der Waals surface area contributed by atoms with E-state index in [0.717, 1.165) is 18.1 Å². The van der Waals surface area contributed by atoms with E-state index in [1.54, 1.807) is 0 Å². The number of hydrogen-bond acceptors (Lipinski definition) is 2. The fourth-order valence-corrected chi connectivity index (χ4v) is 1.68. The van der Waals surface area contributed by atoms with Crippen LogP contribution in [0.3, 0.4) is 0 Å². The lowest BCUT2D eigenvalue weighted by molar-refractivity contribution is 0.559. The molecule has 0 bridgehead atoms. The van der Waals surface area contributed by atoms with Crippen molar-refractivity contribution in [2.75, 3.05) is 0 Å². The molecule has 1 heterocycles. The van der Waals surface area contributed by atoms with Crippen molar-refractivity contribution in [2.45, 2.75) is 52.6 Å². The summed E-state index contributed by atoms with van der Waals surface area (Å²) in [6, 6.07) is 0. The van der Waals surface area contributed by atoms with Gasteiger partial charge < -0.3 is 10.3 Å². The average molecular weight is 195 g/mol. The van der Waals surface area contributed by atoms with Crippen molar-refractivity contribution < 1.29 is 0 Å². The third kappa shape index (κ3) is 2.84. The minimum Gasteiger partial charge on any atom is -0.331 e. The lowest BCUT2D eigenvalue weighted by atomic mass is 10.2. The summed E-state index contributed by atoms with van der Waals surface area (Å²) >= 11 is 0. The molecule has 1 rings (SSSR count). The number of nitrogens with two attached hydrogens (primary N) is 1. The average Bonchev–Trinajstić information content (AvgIpc) is 2.55. The Morgan fingerprint density at radius 2 is 2.14 bits per heavy atom. The van der Waals surface area contributed by atoms with E-state index in [9.17, 15) is 0 Å². The Bertz CT molecular complexity index is 265. The zero-order valence-corrected chi connectivity index (χ0v) is 9.29. The first-order valence-electron chi connectivity index (χ1n) is 5.50. The lowest BCUT2D eigenvalue weighted by Crippen LogP contribution is -2.08. The van der Waals surface area contributed by atoms with E-state index < -0.39 is 0 Å². The van der Waals surface area contributed by atoms with Crippen LogP contribution in [0.1, 0.15) is 44.1 Å². The van der Waals surface area contributed by atoms with Crippen molar-refractivity contribution in [3.63, 3.8) is 0 Å². The predicted molar refractivity (Wildman–Crippen MR) is 59.0 cm³/mol. The lowest BCUT2D eigenvalue weighted by Gasteiger charge is -2.08. The Morgan fingerprint density at radius 3 is 2.79 bits per heavy atom. The van der Waals surface area contributed by atoms with Gasteiger partial charge in [-0.3, -0.25) is 0 Å². The van der Waals surface area contributed by atoms with Crippen molar-refractivity contribution in [3.8, 4) is 0 Å². The van der Waals surface area contributed by atoms with Crippen LogP contribution in [0.15, 0.2) is 6.20 Å². The second-order valence-corrected chi connectivity index (χ2v) is 3.71. The van der Waals surface area contributed by atoms with Crippen LogP contribution in [-0.4, -0.2) is 9.55 Å². The molecule has 1 aromatic rings. The maximum atomic E-state index is 5.63. The molecule has 3 nitrogen and oxygen atoms in total. The number of imidazole rings is 1. The molecular formula is C11H21N3. The molecule has 2 N–H and O–H groups in total. The highest BCUT2D eigenvalue weighted by Crippen LogP contribution is 2.08. The summed E-state index contributed by atoms with van der Waals surface area (Å²) in [4.78, 5) is 4.27. The zero-order valence-electron chi connectivity index (χ0n) is 9.29. The molecule has 0 amide bonds. The SMILES string of the molecule is CCCCCCn1c(CN)cnc1C. The van der Waals surface area contributed by atoms with E-state index in [4.69, 9.17) is 5.73 Å². The van der Waals surface area contributed by atoms with E-state index >= 15 is 0 Å². The molecule has 0 atom stereocenters. The van der Waals surface area contributed by atoms with Crippen molar-refractivity contribution in [1.29, 1.82) is 0 Å². The van der Waals surface area contributed by atoms with Gasteiger partial charge in [0, 0.05) is 19.3 Å². The molecular weight excluding hydrogens is 174 g/mol. The normalized spacial score (nSPS) is 10.8. The van der Waals surface area contributed by atoms with E-state index in [1.807, 2.05) is 13.1 Å². The number of aromatic nitrogens is 2. The van der Waals surface area contributed by atoms with Crippen molar-refractivity contribution in [1.82, 2.24) is 9.55 Å². The molecule has 0 aliphatic heterocycles. The highest BCUT2D eigenvalue weighted by atomic mass is 15.1. The van der Waals surface area contributed by atoms with Crippen molar-refractivity contribution in [2.24, 2.45) is 5.73 Å². The van der Waals surface area contributed by atoms with Gasteiger partial charge in [0.05, 0.1) is 5.69 Å². The quantitative estimate of drug-likeness (QED) is 0.707. The Labute approximate surface area is 86.3 Å². The first-order chi connectivity index (χ1) is 6.79. The fourth-order valence-electron chi connectivity index (χ4n) is 1.68. The summed E-state index contributed by atoms with van der Waals surface area (Å²) in [6.45, 7) is 5.93. The van der Waals surface area contributed by atoms with Crippen LogP contribution in [-0.2, 0) is 13.1 Å². The van der Waals surface area contributed by atoms with E-state index in [1.165, 1.54) is 25.7 Å². The smallest absolute Gasteiger partial charge is 0.105 e. The monoisotopic (exact) mass is 195 g/mol. The van der Waals surface area contributed by atoms with Gasteiger partial charge in [-0.1, -0.05) is 26.2 Å². The highest BCUT2D eigenvalue weighted by molar-refractivity contribution is 5.03. The molecule has 0 unspecified atom stereocenters. The minimum atomic E-state index is 0.592. The number of nitrogens with zero attached hydrogens (tertiary/aromatic N) is 2. The Morgan fingerprint density at radius 1 is 1.36 bits per heavy atom. The van der Waals surface area contributed by atoms with Gasteiger partial charge in [0.15, 0.2) is 0 Å². The molecule has 80 valence electrons. The summed E-state index contributed by atoms with van der Waals surface area (Å²) in [6.07, 6.45) is 7.03. The topological polar surface area (TPSA) is 43.8 Å². The zero-order chi connectivity index (χ0) is 10.4. The number of hydrogen-bond donors (Lipinski definition) is 1. The Balaban J connectivity index is 2.44. The van der Waals surface area contributed by atoms with Gasteiger partial charge >= 0.3 is 0 Å². The van der Waals surface area contributed by atoms with Gasteiger partial charge in [-0.25, -0.2) is 4.98 Å². The van der Waals surface area contributed by atoms with Crippen LogP contribution >= 0.6 is 0 Å². The summed E-state index contributed by atoms with van der Waals surface area (Å²) in [5.74, 6) is 1.09. The highest BCUT2D eigenvalue weighted by Gasteiger charge is 2.03.